The minimum absolute atomic E-state index is 0.231. The molecule has 94 valence electrons. The van der Waals surface area contributed by atoms with Gasteiger partial charge in [-0.25, -0.2) is 0 Å². The van der Waals surface area contributed by atoms with E-state index in [9.17, 15) is 4.79 Å². The fourth-order valence-corrected chi connectivity index (χ4v) is 2.06. The Balaban J connectivity index is 3.34. The van der Waals surface area contributed by atoms with Gasteiger partial charge in [-0.05, 0) is 50.5 Å². The second-order valence-electron chi connectivity index (χ2n) is 4.68. The fraction of sp³-hybridized carbons (Fsp3) is 0.500. The molecule has 1 aromatic rings. The van der Waals surface area contributed by atoms with E-state index < -0.39 is 5.41 Å². The maximum Gasteiger partial charge on any atom is 0.315 e. The Bertz CT molecular complexity index is 433. The van der Waals surface area contributed by atoms with Gasteiger partial charge in [-0.3, -0.25) is 4.79 Å². The summed E-state index contributed by atoms with van der Waals surface area (Å²) in [5, 5.41) is 0. The van der Waals surface area contributed by atoms with Crippen LogP contribution in [0.15, 0.2) is 12.1 Å². The van der Waals surface area contributed by atoms with Crippen LogP contribution in [0.2, 0.25) is 0 Å². The first-order valence-corrected chi connectivity index (χ1v) is 5.59. The van der Waals surface area contributed by atoms with Crippen LogP contribution in [-0.2, 0) is 14.9 Å². The van der Waals surface area contributed by atoms with E-state index in [0.29, 0.717) is 0 Å². The monoisotopic (exact) mass is 236 g/mol. The molecule has 0 atom stereocenters. The predicted octanol–water partition coefficient (Wildman–Crippen LogP) is 2.76. The smallest absolute Gasteiger partial charge is 0.315 e. The van der Waals surface area contributed by atoms with Crippen molar-refractivity contribution in [2.45, 2.75) is 33.1 Å². The lowest BCUT2D eigenvalue weighted by molar-refractivity contribution is -0.146. The lowest BCUT2D eigenvalue weighted by Crippen LogP contribution is -2.31. The van der Waals surface area contributed by atoms with E-state index in [1.54, 1.807) is 7.11 Å². The predicted molar refractivity (Wildman–Crippen MR) is 67.5 cm³/mol. The molecule has 0 radical (unpaired) electrons. The summed E-state index contributed by atoms with van der Waals surface area (Å²) in [5.41, 5.74) is 2.46. The molecule has 0 unspecified atom stereocenters. The summed E-state index contributed by atoms with van der Waals surface area (Å²) in [6.07, 6.45) is 0. The highest BCUT2D eigenvalue weighted by molar-refractivity contribution is 5.82. The van der Waals surface area contributed by atoms with Gasteiger partial charge in [0.2, 0.25) is 0 Å². The zero-order chi connectivity index (χ0) is 13.2. The van der Waals surface area contributed by atoms with Gasteiger partial charge in [-0.1, -0.05) is 6.07 Å². The molecular formula is C14H20O3. The number of hydrogen-bond acceptors (Lipinski definition) is 3. The molecule has 0 aliphatic rings. The summed E-state index contributed by atoms with van der Waals surface area (Å²) in [6.45, 7) is 7.73. The van der Waals surface area contributed by atoms with E-state index in [1.807, 2.05) is 39.8 Å². The van der Waals surface area contributed by atoms with Gasteiger partial charge in [-0.2, -0.15) is 0 Å². The van der Waals surface area contributed by atoms with Crippen molar-refractivity contribution in [1.29, 1.82) is 0 Å². The van der Waals surface area contributed by atoms with E-state index in [0.717, 1.165) is 22.4 Å². The van der Waals surface area contributed by atoms with Crippen LogP contribution in [0.25, 0.3) is 0 Å². The molecule has 0 bridgehead atoms. The van der Waals surface area contributed by atoms with Crippen LogP contribution in [0.1, 0.15) is 30.5 Å². The average molecular weight is 236 g/mol. The Morgan fingerprint density at radius 3 is 2.18 bits per heavy atom. The van der Waals surface area contributed by atoms with Crippen molar-refractivity contribution >= 4 is 5.97 Å². The molecule has 0 spiro atoms. The van der Waals surface area contributed by atoms with Crippen molar-refractivity contribution in [3.63, 3.8) is 0 Å². The number of benzene rings is 1. The van der Waals surface area contributed by atoms with Gasteiger partial charge in [0.05, 0.1) is 19.6 Å². The van der Waals surface area contributed by atoms with Gasteiger partial charge in [0.1, 0.15) is 5.75 Å². The van der Waals surface area contributed by atoms with Gasteiger partial charge >= 0.3 is 5.97 Å². The quantitative estimate of drug-likeness (QED) is 0.757. The van der Waals surface area contributed by atoms with Crippen molar-refractivity contribution in [2.24, 2.45) is 0 Å². The molecule has 0 saturated heterocycles. The van der Waals surface area contributed by atoms with Crippen LogP contribution in [0, 0.1) is 13.8 Å². The Morgan fingerprint density at radius 2 is 1.71 bits per heavy atom. The summed E-state index contributed by atoms with van der Waals surface area (Å²) < 4.78 is 10.1. The van der Waals surface area contributed by atoms with Gasteiger partial charge in [0.25, 0.3) is 0 Å². The van der Waals surface area contributed by atoms with E-state index >= 15 is 0 Å². The minimum atomic E-state index is -0.643. The Morgan fingerprint density at radius 1 is 1.12 bits per heavy atom. The molecule has 0 N–H and O–H groups in total. The van der Waals surface area contributed by atoms with Crippen molar-refractivity contribution in [3.8, 4) is 5.75 Å². The van der Waals surface area contributed by atoms with Crippen molar-refractivity contribution in [1.82, 2.24) is 0 Å². The first-order chi connectivity index (χ1) is 7.86. The molecular weight excluding hydrogens is 216 g/mol. The SMILES string of the molecule is COC(=O)C(C)(C)c1ccc(OC)c(C)c1C. The Kier molecular flexibility index (Phi) is 3.81. The number of esters is 1. The van der Waals surface area contributed by atoms with Gasteiger partial charge in [-0.15, -0.1) is 0 Å². The molecule has 1 rings (SSSR count). The highest BCUT2D eigenvalue weighted by atomic mass is 16.5. The van der Waals surface area contributed by atoms with E-state index in [4.69, 9.17) is 9.47 Å². The number of carbonyl (C=O) groups is 1. The third-order valence-electron chi connectivity index (χ3n) is 3.33. The lowest BCUT2D eigenvalue weighted by atomic mass is 9.81. The van der Waals surface area contributed by atoms with Crippen LogP contribution < -0.4 is 4.74 Å². The molecule has 0 aromatic heterocycles. The maximum atomic E-state index is 11.8. The zero-order valence-electron chi connectivity index (χ0n) is 11.4. The van der Waals surface area contributed by atoms with Gasteiger partial charge in [0, 0.05) is 0 Å². The number of ether oxygens (including phenoxy) is 2. The van der Waals surface area contributed by atoms with E-state index in [1.165, 1.54) is 7.11 Å². The topological polar surface area (TPSA) is 35.5 Å². The summed E-state index contributed by atoms with van der Waals surface area (Å²) in [7, 11) is 3.06. The zero-order valence-corrected chi connectivity index (χ0v) is 11.4. The fourth-order valence-electron chi connectivity index (χ4n) is 2.06. The number of rotatable bonds is 3. The van der Waals surface area contributed by atoms with Crippen LogP contribution in [0.4, 0.5) is 0 Å². The number of methoxy groups -OCH3 is 2. The highest BCUT2D eigenvalue weighted by Crippen LogP contribution is 2.32. The maximum absolute atomic E-state index is 11.8. The minimum Gasteiger partial charge on any atom is -0.496 e. The molecule has 0 amide bonds. The molecule has 0 aliphatic heterocycles. The number of carbonyl (C=O) groups excluding carboxylic acids is 1. The van der Waals surface area contributed by atoms with Gasteiger partial charge in [0.15, 0.2) is 0 Å². The summed E-state index contributed by atoms with van der Waals surface area (Å²) in [6, 6.07) is 3.82. The molecule has 3 nitrogen and oxygen atoms in total. The van der Waals surface area contributed by atoms with Crippen LogP contribution in [-0.4, -0.2) is 20.2 Å². The summed E-state index contributed by atoms with van der Waals surface area (Å²) in [4.78, 5) is 11.8. The largest absolute Gasteiger partial charge is 0.496 e. The molecule has 0 aliphatic carbocycles. The summed E-state index contributed by atoms with van der Waals surface area (Å²) >= 11 is 0. The standard InChI is InChI=1S/C14H20O3/c1-9-10(2)12(16-5)8-7-11(9)14(3,4)13(15)17-6/h7-8H,1-6H3. The van der Waals surface area contributed by atoms with Crippen LogP contribution in [0.3, 0.4) is 0 Å². The first-order valence-electron chi connectivity index (χ1n) is 5.59. The number of hydrogen-bond donors (Lipinski definition) is 0. The second kappa shape index (κ2) is 4.78. The normalized spacial score (nSPS) is 11.2. The van der Waals surface area contributed by atoms with Gasteiger partial charge < -0.3 is 9.47 Å². The third kappa shape index (κ3) is 2.28. The van der Waals surface area contributed by atoms with Crippen LogP contribution >= 0.6 is 0 Å². The molecule has 17 heavy (non-hydrogen) atoms. The van der Waals surface area contributed by atoms with E-state index in [-0.39, 0.29) is 5.97 Å². The average Bonchev–Trinajstić information content (AvgIpc) is 2.31. The molecule has 3 heteroatoms. The molecule has 0 fully saturated rings. The van der Waals surface area contributed by atoms with Crippen molar-refractivity contribution < 1.29 is 14.3 Å². The lowest BCUT2D eigenvalue weighted by Gasteiger charge is -2.25. The van der Waals surface area contributed by atoms with Crippen molar-refractivity contribution in [2.75, 3.05) is 14.2 Å². The Labute approximate surface area is 103 Å². The highest BCUT2D eigenvalue weighted by Gasteiger charge is 2.32. The first kappa shape index (κ1) is 13.6. The molecule has 1 aromatic carbocycles. The van der Waals surface area contributed by atoms with Crippen molar-refractivity contribution in [3.05, 3.63) is 28.8 Å². The van der Waals surface area contributed by atoms with E-state index in [2.05, 4.69) is 0 Å². The third-order valence-corrected chi connectivity index (χ3v) is 3.33. The van der Waals surface area contributed by atoms with Crippen LogP contribution in [0.5, 0.6) is 5.75 Å². The molecule has 0 saturated carbocycles. The second-order valence-corrected chi connectivity index (χ2v) is 4.68. The summed E-state index contributed by atoms with van der Waals surface area (Å²) in [5.74, 6) is 0.608. The molecule has 0 heterocycles. The Hall–Kier alpha value is -1.51.